The van der Waals surface area contributed by atoms with Crippen molar-refractivity contribution < 1.29 is 22.7 Å². The highest BCUT2D eigenvalue weighted by Gasteiger charge is 2.27. The fourth-order valence-corrected chi connectivity index (χ4v) is 4.90. The zero-order valence-corrected chi connectivity index (χ0v) is 19.1. The molecule has 168 valence electrons. The molecule has 0 saturated carbocycles. The molecule has 2 aromatic rings. The van der Waals surface area contributed by atoms with Crippen molar-refractivity contribution in [1.29, 1.82) is 0 Å². The van der Waals surface area contributed by atoms with Gasteiger partial charge in [-0.25, -0.2) is 8.42 Å². The van der Waals surface area contributed by atoms with Gasteiger partial charge in [0.1, 0.15) is 11.5 Å². The van der Waals surface area contributed by atoms with E-state index in [0.717, 1.165) is 11.4 Å². The Hall–Kier alpha value is -2.49. The predicted molar refractivity (Wildman–Crippen MR) is 121 cm³/mol. The summed E-state index contributed by atoms with van der Waals surface area (Å²) >= 11 is 5.95. The number of carbonyl (C=O) groups is 1. The first-order chi connectivity index (χ1) is 14.8. The second-order valence-corrected chi connectivity index (χ2v) is 9.53. The van der Waals surface area contributed by atoms with Gasteiger partial charge in [0.05, 0.1) is 25.5 Å². The van der Waals surface area contributed by atoms with Gasteiger partial charge >= 0.3 is 0 Å². The van der Waals surface area contributed by atoms with Crippen LogP contribution in [0.1, 0.15) is 10.4 Å². The molecule has 0 bridgehead atoms. The van der Waals surface area contributed by atoms with Gasteiger partial charge in [-0.1, -0.05) is 11.6 Å². The Balaban J connectivity index is 1.51. The summed E-state index contributed by atoms with van der Waals surface area (Å²) in [6, 6.07) is 12.4. The molecule has 8 nitrogen and oxygen atoms in total. The SMILES string of the molecule is COc1ccc(N2CCN(S(=O)(=O)CCNC(=O)c3cc(Cl)ccc3OC)CC2)cc1. The number of piperazine rings is 1. The van der Waals surface area contributed by atoms with Crippen LogP contribution in [0.2, 0.25) is 5.02 Å². The van der Waals surface area contributed by atoms with Crippen molar-refractivity contribution in [3.05, 3.63) is 53.1 Å². The number of halogens is 1. The van der Waals surface area contributed by atoms with Crippen molar-refractivity contribution in [2.45, 2.75) is 0 Å². The average molecular weight is 468 g/mol. The van der Waals surface area contributed by atoms with Crippen LogP contribution in [0.15, 0.2) is 42.5 Å². The highest BCUT2D eigenvalue weighted by molar-refractivity contribution is 7.89. The van der Waals surface area contributed by atoms with Crippen LogP contribution in [-0.2, 0) is 10.0 Å². The highest BCUT2D eigenvalue weighted by atomic mass is 35.5. The van der Waals surface area contributed by atoms with Gasteiger partial charge in [0.25, 0.3) is 5.91 Å². The summed E-state index contributed by atoms with van der Waals surface area (Å²) in [4.78, 5) is 14.5. The van der Waals surface area contributed by atoms with Crippen molar-refractivity contribution >= 4 is 33.2 Å². The molecule has 0 unspecified atom stereocenters. The maximum Gasteiger partial charge on any atom is 0.255 e. The molecule has 1 saturated heterocycles. The summed E-state index contributed by atoms with van der Waals surface area (Å²) in [5.41, 5.74) is 1.29. The molecule has 1 fully saturated rings. The van der Waals surface area contributed by atoms with E-state index in [1.165, 1.54) is 17.5 Å². The number of hydrogen-bond donors (Lipinski definition) is 1. The van der Waals surface area contributed by atoms with Crippen LogP contribution in [0.4, 0.5) is 5.69 Å². The molecule has 1 amide bonds. The standard InChI is InChI=1S/C21H26ClN3O5S/c1-29-18-6-4-17(5-7-18)24-10-12-25(13-11-24)31(27,28)14-9-23-21(26)19-15-16(22)3-8-20(19)30-2/h3-8,15H,9-14H2,1-2H3,(H,23,26). The number of nitrogens with zero attached hydrogens (tertiary/aromatic N) is 2. The fourth-order valence-electron chi connectivity index (χ4n) is 3.39. The number of anilines is 1. The van der Waals surface area contributed by atoms with E-state index in [9.17, 15) is 13.2 Å². The van der Waals surface area contributed by atoms with Gasteiger partial charge in [-0.3, -0.25) is 4.79 Å². The Labute approximate surface area is 187 Å². The van der Waals surface area contributed by atoms with Crippen LogP contribution in [0.5, 0.6) is 11.5 Å². The first kappa shape index (κ1) is 23.2. The third-order valence-corrected chi connectivity index (χ3v) is 7.23. The number of carbonyl (C=O) groups excluding carboxylic acids is 1. The highest BCUT2D eigenvalue weighted by Crippen LogP contribution is 2.23. The van der Waals surface area contributed by atoms with Crippen molar-refractivity contribution in [3.63, 3.8) is 0 Å². The first-order valence-corrected chi connectivity index (χ1v) is 11.8. The molecule has 1 heterocycles. The molecule has 0 aliphatic carbocycles. The summed E-state index contributed by atoms with van der Waals surface area (Å²) in [5, 5.41) is 3.03. The molecule has 1 N–H and O–H groups in total. The van der Waals surface area contributed by atoms with Crippen molar-refractivity contribution in [2.24, 2.45) is 0 Å². The summed E-state index contributed by atoms with van der Waals surface area (Å²) in [6.07, 6.45) is 0. The Morgan fingerprint density at radius 2 is 1.71 bits per heavy atom. The lowest BCUT2D eigenvalue weighted by molar-refractivity contribution is 0.0953. The summed E-state index contributed by atoms with van der Waals surface area (Å²) in [7, 11) is -0.415. The second kappa shape index (κ2) is 10.2. The van der Waals surface area contributed by atoms with Crippen molar-refractivity contribution in [2.75, 3.05) is 57.6 Å². The molecular formula is C21H26ClN3O5S. The molecule has 10 heteroatoms. The number of nitrogens with one attached hydrogen (secondary N) is 1. The lowest BCUT2D eigenvalue weighted by atomic mass is 10.2. The largest absolute Gasteiger partial charge is 0.497 e. The monoisotopic (exact) mass is 467 g/mol. The zero-order chi connectivity index (χ0) is 22.4. The normalized spacial score (nSPS) is 14.9. The molecule has 0 spiro atoms. The molecule has 0 atom stereocenters. The predicted octanol–water partition coefficient (Wildman–Crippen LogP) is 2.24. The van der Waals surface area contributed by atoms with Gasteiger partial charge in [0.2, 0.25) is 10.0 Å². The Bertz CT molecular complexity index is 1010. The number of ether oxygens (including phenoxy) is 2. The second-order valence-electron chi connectivity index (χ2n) is 7.00. The van der Waals surface area contributed by atoms with E-state index >= 15 is 0 Å². The van der Waals surface area contributed by atoms with Crippen LogP contribution in [0.25, 0.3) is 0 Å². The number of amides is 1. The van der Waals surface area contributed by atoms with Crippen molar-refractivity contribution in [3.8, 4) is 11.5 Å². The van der Waals surface area contributed by atoms with E-state index in [1.54, 1.807) is 19.2 Å². The van der Waals surface area contributed by atoms with Gasteiger partial charge in [0.15, 0.2) is 0 Å². The lowest BCUT2D eigenvalue weighted by Gasteiger charge is -2.35. The van der Waals surface area contributed by atoms with Gasteiger partial charge in [-0.15, -0.1) is 0 Å². The Kier molecular flexibility index (Phi) is 7.64. The number of rotatable bonds is 8. The molecule has 2 aromatic carbocycles. The van der Waals surface area contributed by atoms with Gasteiger partial charge in [-0.2, -0.15) is 4.31 Å². The maximum atomic E-state index is 12.7. The van der Waals surface area contributed by atoms with Gasteiger partial charge < -0.3 is 19.7 Å². The molecule has 0 aromatic heterocycles. The molecular weight excluding hydrogens is 442 g/mol. The Morgan fingerprint density at radius 3 is 2.32 bits per heavy atom. The van der Waals surface area contributed by atoms with E-state index in [1.807, 2.05) is 24.3 Å². The summed E-state index contributed by atoms with van der Waals surface area (Å²) in [5.74, 6) is 0.546. The third kappa shape index (κ3) is 5.81. The molecule has 31 heavy (non-hydrogen) atoms. The van der Waals surface area contributed by atoms with E-state index in [4.69, 9.17) is 21.1 Å². The Morgan fingerprint density at radius 1 is 1.03 bits per heavy atom. The minimum Gasteiger partial charge on any atom is -0.497 e. The van der Waals surface area contributed by atoms with Crippen LogP contribution in [0, 0.1) is 0 Å². The van der Waals surface area contributed by atoms with Crippen molar-refractivity contribution in [1.82, 2.24) is 9.62 Å². The maximum absolute atomic E-state index is 12.7. The minimum absolute atomic E-state index is 0.00444. The van der Waals surface area contributed by atoms with Crippen LogP contribution < -0.4 is 19.7 Å². The number of hydrogen-bond acceptors (Lipinski definition) is 6. The number of benzene rings is 2. The van der Waals surface area contributed by atoms with E-state index in [2.05, 4.69) is 10.2 Å². The smallest absolute Gasteiger partial charge is 0.255 e. The fraction of sp³-hybridized carbons (Fsp3) is 0.381. The lowest BCUT2D eigenvalue weighted by Crippen LogP contribution is -2.50. The topological polar surface area (TPSA) is 88.2 Å². The van der Waals surface area contributed by atoms with E-state index in [0.29, 0.717) is 37.0 Å². The van der Waals surface area contributed by atoms with E-state index < -0.39 is 15.9 Å². The van der Waals surface area contributed by atoms with Gasteiger partial charge in [-0.05, 0) is 42.5 Å². The molecule has 3 rings (SSSR count). The summed E-state index contributed by atoms with van der Waals surface area (Å²) in [6.45, 7) is 1.97. The quantitative estimate of drug-likeness (QED) is 0.640. The summed E-state index contributed by atoms with van der Waals surface area (Å²) < 4.78 is 37.2. The van der Waals surface area contributed by atoms with E-state index in [-0.39, 0.29) is 17.9 Å². The number of sulfonamides is 1. The molecule has 0 radical (unpaired) electrons. The number of methoxy groups -OCH3 is 2. The molecule has 1 aliphatic rings. The van der Waals surface area contributed by atoms with Crippen LogP contribution in [-0.4, -0.2) is 71.3 Å². The van der Waals surface area contributed by atoms with Crippen LogP contribution in [0.3, 0.4) is 0 Å². The van der Waals surface area contributed by atoms with Gasteiger partial charge in [0, 0.05) is 43.4 Å². The average Bonchev–Trinajstić information content (AvgIpc) is 2.79. The van der Waals surface area contributed by atoms with Crippen LogP contribution >= 0.6 is 11.6 Å². The molecule has 1 aliphatic heterocycles. The first-order valence-electron chi connectivity index (χ1n) is 9.82. The third-order valence-electron chi connectivity index (χ3n) is 5.12. The zero-order valence-electron chi connectivity index (χ0n) is 17.5. The minimum atomic E-state index is -3.49.